The Hall–Kier alpha value is -1.83. The van der Waals surface area contributed by atoms with Gasteiger partial charge in [-0.15, -0.1) is 0 Å². The monoisotopic (exact) mass is 256 g/mol. The van der Waals surface area contributed by atoms with Crippen LogP contribution in [0.15, 0.2) is 41.5 Å². The van der Waals surface area contributed by atoms with Gasteiger partial charge in [-0.05, 0) is 49.8 Å². The zero-order valence-corrected chi connectivity index (χ0v) is 11.6. The number of hydrogen-bond acceptors (Lipinski definition) is 2. The zero-order valence-electron chi connectivity index (χ0n) is 11.6. The fourth-order valence-corrected chi connectivity index (χ4v) is 2.31. The van der Waals surface area contributed by atoms with E-state index in [-0.39, 0.29) is 5.97 Å². The summed E-state index contributed by atoms with van der Waals surface area (Å²) in [4.78, 5) is 11.5. The number of rotatable bonds is 3. The minimum Gasteiger partial charge on any atom is -0.463 e. The van der Waals surface area contributed by atoms with Gasteiger partial charge in [0.2, 0.25) is 0 Å². The molecule has 19 heavy (non-hydrogen) atoms. The normalized spacial score (nSPS) is 19.1. The van der Waals surface area contributed by atoms with Crippen LogP contribution < -0.4 is 0 Å². The lowest BCUT2D eigenvalue weighted by Crippen LogP contribution is -2.00. The molecule has 1 aliphatic rings. The van der Waals surface area contributed by atoms with Crippen LogP contribution in [0.4, 0.5) is 0 Å². The van der Waals surface area contributed by atoms with Crippen LogP contribution in [0.25, 0.3) is 6.08 Å². The highest BCUT2D eigenvalue weighted by Crippen LogP contribution is 2.32. The lowest BCUT2D eigenvalue weighted by molar-refractivity contribution is -0.137. The SMILES string of the molecule is CCOC(=O)/C=C1\CCC\C1=C/c1ccc(C)cc1. The summed E-state index contributed by atoms with van der Waals surface area (Å²) in [5.41, 5.74) is 4.84. The summed E-state index contributed by atoms with van der Waals surface area (Å²) in [6, 6.07) is 8.44. The molecule has 0 saturated heterocycles. The van der Waals surface area contributed by atoms with E-state index >= 15 is 0 Å². The Labute approximate surface area is 114 Å². The first-order chi connectivity index (χ1) is 9.19. The van der Waals surface area contributed by atoms with Crippen LogP contribution in [0, 0.1) is 6.92 Å². The van der Waals surface area contributed by atoms with Crippen molar-refractivity contribution in [3.05, 3.63) is 52.6 Å². The Morgan fingerprint density at radius 2 is 1.89 bits per heavy atom. The van der Waals surface area contributed by atoms with Gasteiger partial charge >= 0.3 is 5.97 Å². The predicted octanol–water partition coefficient (Wildman–Crippen LogP) is 4.05. The van der Waals surface area contributed by atoms with Crippen molar-refractivity contribution in [1.82, 2.24) is 0 Å². The smallest absolute Gasteiger partial charge is 0.331 e. The molecule has 2 rings (SSSR count). The molecule has 100 valence electrons. The second-order valence-corrected chi connectivity index (χ2v) is 4.86. The van der Waals surface area contributed by atoms with E-state index in [0.29, 0.717) is 6.61 Å². The van der Waals surface area contributed by atoms with Gasteiger partial charge in [0.1, 0.15) is 0 Å². The summed E-state index contributed by atoms with van der Waals surface area (Å²) in [6.07, 6.45) is 6.95. The van der Waals surface area contributed by atoms with Crippen molar-refractivity contribution in [2.75, 3.05) is 6.61 Å². The van der Waals surface area contributed by atoms with Crippen LogP contribution in [0.1, 0.15) is 37.3 Å². The maximum absolute atomic E-state index is 11.5. The number of carbonyl (C=O) groups is 1. The third-order valence-electron chi connectivity index (χ3n) is 3.30. The van der Waals surface area contributed by atoms with Gasteiger partial charge in [-0.25, -0.2) is 4.79 Å². The number of allylic oxidation sites excluding steroid dienone is 2. The summed E-state index contributed by atoms with van der Waals surface area (Å²) in [5.74, 6) is -0.228. The van der Waals surface area contributed by atoms with Crippen LogP contribution in [-0.4, -0.2) is 12.6 Å². The molecule has 0 amide bonds. The molecule has 0 atom stereocenters. The largest absolute Gasteiger partial charge is 0.463 e. The van der Waals surface area contributed by atoms with Crippen LogP contribution >= 0.6 is 0 Å². The first kappa shape index (κ1) is 13.6. The zero-order chi connectivity index (χ0) is 13.7. The molecule has 0 bridgehead atoms. The third-order valence-corrected chi connectivity index (χ3v) is 3.30. The molecule has 0 unspecified atom stereocenters. The highest BCUT2D eigenvalue weighted by molar-refractivity contribution is 5.84. The molecule has 0 N–H and O–H groups in total. The minimum absolute atomic E-state index is 0.228. The van der Waals surface area contributed by atoms with Crippen molar-refractivity contribution in [1.29, 1.82) is 0 Å². The Bertz CT molecular complexity index is 507. The van der Waals surface area contributed by atoms with E-state index in [1.807, 2.05) is 6.92 Å². The van der Waals surface area contributed by atoms with Gasteiger partial charge in [0.25, 0.3) is 0 Å². The third kappa shape index (κ3) is 3.82. The van der Waals surface area contributed by atoms with Gasteiger partial charge in [0, 0.05) is 6.08 Å². The number of benzene rings is 1. The second kappa shape index (κ2) is 6.37. The number of carbonyl (C=O) groups excluding carboxylic acids is 1. The lowest BCUT2D eigenvalue weighted by Gasteiger charge is -2.03. The van der Waals surface area contributed by atoms with Crippen molar-refractivity contribution in [3.8, 4) is 0 Å². The highest BCUT2D eigenvalue weighted by atomic mass is 16.5. The van der Waals surface area contributed by atoms with E-state index in [1.165, 1.54) is 16.7 Å². The topological polar surface area (TPSA) is 26.3 Å². The number of aryl methyl sites for hydroxylation is 1. The summed E-state index contributed by atoms with van der Waals surface area (Å²) in [6.45, 7) is 4.34. The molecule has 0 radical (unpaired) electrons. The summed E-state index contributed by atoms with van der Waals surface area (Å²) >= 11 is 0. The van der Waals surface area contributed by atoms with Crippen molar-refractivity contribution < 1.29 is 9.53 Å². The van der Waals surface area contributed by atoms with Gasteiger partial charge in [0.15, 0.2) is 0 Å². The summed E-state index contributed by atoms with van der Waals surface area (Å²) in [7, 11) is 0. The van der Waals surface area contributed by atoms with Crippen molar-refractivity contribution in [3.63, 3.8) is 0 Å². The molecule has 0 aromatic heterocycles. The van der Waals surface area contributed by atoms with Crippen LogP contribution in [-0.2, 0) is 9.53 Å². The van der Waals surface area contributed by atoms with Gasteiger partial charge in [-0.1, -0.05) is 35.9 Å². The van der Waals surface area contributed by atoms with Crippen LogP contribution in [0.5, 0.6) is 0 Å². The van der Waals surface area contributed by atoms with Gasteiger partial charge in [-0.3, -0.25) is 0 Å². The molecule has 1 saturated carbocycles. The Morgan fingerprint density at radius 3 is 2.58 bits per heavy atom. The molecular weight excluding hydrogens is 236 g/mol. The van der Waals surface area contributed by atoms with Crippen LogP contribution in [0.2, 0.25) is 0 Å². The highest BCUT2D eigenvalue weighted by Gasteiger charge is 2.15. The molecule has 0 heterocycles. The van der Waals surface area contributed by atoms with Gasteiger partial charge < -0.3 is 4.74 Å². The molecule has 0 spiro atoms. The van der Waals surface area contributed by atoms with E-state index in [0.717, 1.165) is 24.8 Å². The van der Waals surface area contributed by atoms with Gasteiger partial charge in [0.05, 0.1) is 6.61 Å². The molecule has 1 aromatic rings. The number of hydrogen-bond donors (Lipinski definition) is 0. The van der Waals surface area contributed by atoms with E-state index in [9.17, 15) is 4.79 Å². The van der Waals surface area contributed by atoms with Crippen molar-refractivity contribution in [2.24, 2.45) is 0 Å². The lowest BCUT2D eigenvalue weighted by atomic mass is 10.0. The maximum atomic E-state index is 11.5. The molecule has 1 fully saturated rings. The van der Waals surface area contributed by atoms with Crippen LogP contribution in [0.3, 0.4) is 0 Å². The first-order valence-electron chi connectivity index (χ1n) is 6.84. The fourth-order valence-electron chi connectivity index (χ4n) is 2.31. The standard InChI is InChI=1S/C17H20O2/c1-3-19-17(18)12-16-6-4-5-15(16)11-14-9-7-13(2)8-10-14/h7-12H,3-6H2,1-2H3/b15-11+,16-12+. The quantitative estimate of drug-likeness (QED) is 0.602. The van der Waals surface area contributed by atoms with Crippen molar-refractivity contribution in [2.45, 2.75) is 33.1 Å². The number of ether oxygens (including phenoxy) is 1. The second-order valence-electron chi connectivity index (χ2n) is 4.86. The van der Waals surface area contributed by atoms with Gasteiger partial charge in [-0.2, -0.15) is 0 Å². The fraction of sp³-hybridized carbons (Fsp3) is 0.353. The average molecular weight is 256 g/mol. The van der Waals surface area contributed by atoms with Crippen molar-refractivity contribution >= 4 is 12.0 Å². The van der Waals surface area contributed by atoms with E-state index in [4.69, 9.17) is 4.74 Å². The Balaban J connectivity index is 2.18. The number of esters is 1. The Morgan fingerprint density at radius 1 is 1.21 bits per heavy atom. The van der Waals surface area contributed by atoms with E-state index in [2.05, 4.69) is 37.3 Å². The molecule has 1 aliphatic carbocycles. The van der Waals surface area contributed by atoms with E-state index < -0.39 is 0 Å². The Kier molecular flexibility index (Phi) is 4.56. The molecule has 0 aliphatic heterocycles. The molecule has 1 aromatic carbocycles. The summed E-state index contributed by atoms with van der Waals surface area (Å²) < 4.78 is 4.98. The molecular formula is C17H20O2. The molecule has 2 heteroatoms. The molecule has 2 nitrogen and oxygen atoms in total. The van der Waals surface area contributed by atoms with E-state index in [1.54, 1.807) is 6.08 Å². The first-order valence-corrected chi connectivity index (χ1v) is 6.84. The summed E-state index contributed by atoms with van der Waals surface area (Å²) in [5, 5.41) is 0. The maximum Gasteiger partial charge on any atom is 0.331 e. The predicted molar refractivity (Wildman–Crippen MR) is 77.7 cm³/mol. The average Bonchev–Trinajstić information content (AvgIpc) is 2.80. The minimum atomic E-state index is -0.228.